The molecular formula is C15H14BrN3S. The summed E-state index contributed by atoms with van der Waals surface area (Å²) in [6.45, 7) is 0.545. The predicted molar refractivity (Wildman–Crippen MR) is 86.9 cm³/mol. The zero-order chi connectivity index (χ0) is 13.9. The number of thiophene rings is 1. The van der Waals surface area contributed by atoms with Crippen molar-refractivity contribution in [2.75, 3.05) is 6.54 Å². The summed E-state index contributed by atoms with van der Waals surface area (Å²) in [7, 11) is 0. The minimum atomic E-state index is 0.115. The number of hydrogen-bond acceptors (Lipinski definition) is 3. The molecule has 1 atom stereocenters. The fraction of sp³-hybridized carbons (Fsp3) is 0.133. The van der Waals surface area contributed by atoms with E-state index in [2.05, 4.69) is 49.1 Å². The summed E-state index contributed by atoms with van der Waals surface area (Å²) in [5.41, 5.74) is 7.10. The van der Waals surface area contributed by atoms with Crippen LogP contribution in [-0.4, -0.2) is 16.1 Å². The topological polar surface area (TPSA) is 43.8 Å². The molecule has 0 fully saturated rings. The van der Waals surface area contributed by atoms with Crippen LogP contribution in [0.15, 0.2) is 58.6 Å². The van der Waals surface area contributed by atoms with Crippen molar-refractivity contribution in [3.63, 3.8) is 0 Å². The molecule has 3 rings (SSSR count). The molecule has 0 aliphatic heterocycles. The van der Waals surface area contributed by atoms with Crippen molar-refractivity contribution in [3.05, 3.63) is 63.5 Å². The van der Waals surface area contributed by atoms with E-state index < -0.39 is 0 Å². The number of nitrogens with zero attached hydrogens (tertiary/aromatic N) is 2. The van der Waals surface area contributed by atoms with Gasteiger partial charge in [0.15, 0.2) is 0 Å². The van der Waals surface area contributed by atoms with E-state index in [9.17, 15) is 0 Å². The first-order valence-electron chi connectivity index (χ1n) is 6.32. The van der Waals surface area contributed by atoms with Gasteiger partial charge in [-0.25, -0.2) is 4.98 Å². The SMILES string of the molecule is NCC(c1cc(Br)cs1)n1ccnc1-c1ccccc1. The molecule has 2 heterocycles. The van der Waals surface area contributed by atoms with Gasteiger partial charge in [0, 0.05) is 39.2 Å². The molecule has 0 aliphatic rings. The average Bonchev–Trinajstić information content (AvgIpc) is 3.11. The fourth-order valence-electron chi connectivity index (χ4n) is 2.25. The lowest BCUT2D eigenvalue weighted by molar-refractivity contribution is 0.610. The van der Waals surface area contributed by atoms with Gasteiger partial charge in [0.2, 0.25) is 0 Å². The zero-order valence-corrected chi connectivity index (χ0v) is 13.1. The van der Waals surface area contributed by atoms with Gasteiger partial charge >= 0.3 is 0 Å². The maximum Gasteiger partial charge on any atom is 0.140 e. The van der Waals surface area contributed by atoms with E-state index in [0.29, 0.717) is 6.54 Å². The fourth-order valence-corrected chi connectivity index (χ4v) is 3.80. The van der Waals surface area contributed by atoms with Crippen molar-refractivity contribution >= 4 is 27.3 Å². The number of aromatic nitrogens is 2. The van der Waals surface area contributed by atoms with Gasteiger partial charge in [-0.15, -0.1) is 11.3 Å². The number of halogens is 1. The van der Waals surface area contributed by atoms with Crippen LogP contribution in [0.5, 0.6) is 0 Å². The minimum Gasteiger partial charge on any atom is -0.328 e. The number of nitrogens with two attached hydrogens (primary N) is 1. The van der Waals surface area contributed by atoms with Gasteiger partial charge in [0.1, 0.15) is 5.82 Å². The lowest BCUT2D eigenvalue weighted by Gasteiger charge is -2.18. The van der Waals surface area contributed by atoms with Gasteiger partial charge in [0.05, 0.1) is 6.04 Å². The van der Waals surface area contributed by atoms with Crippen LogP contribution in [-0.2, 0) is 0 Å². The van der Waals surface area contributed by atoms with Crippen LogP contribution in [0.1, 0.15) is 10.9 Å². The van der Waals surface area contributed by atoms with Crippen LogP contribution >= 0.6 is 27.3 Å². The van der Waals surface area contributed by atoms with E-state index >= 15 is 0 Å². The second kappa shape index (κ2) is 5.91. The quantitative estimate of drug-likeness (QED) is 0.777. The van der Waals surface area contributed by atoms with Crippen LogP contribution in [0.4, 0.5) is 0 Å². The Bertz CT molecular complexity index is 690. The Hall–Kier alpha value is -1.43. The van der Waals surface area contributed by atoms with Crippen LogP contribution in [0.3, 0.4) is 0 Å². The molecule has 5 heteroatoms. The predicted octanol–water partition coefficient (Wildman–Crippen LogP) is 3.92. The number of imidazole rings is 1. The van der Waals surface area contributed by atoms with Crippen molar-refractivity contribution in [2.45, 2.75) is 6.04 Å². The molecule has 0 saturated carbocycles. The van der Waals surface area contributed by atoms with Crippen molar-refractivity contribution in [1.82, 2.24) is 9.55 Å². The molecule has 1 aromatic carbocycles. The molecule has 0 saturated heterocycles. The number of benzene rings is 1. The maximum atomic E-state index is 5.99. The second-order valence-electron chi connectivity index (χ2n) is 4.44. The summed E-state index contributed by atoms with van der Waals surface area (Å²) in [5, 5.41) is 2.08. The third-order valence-electron chi connectivity index (χ3n) is 3.18. The Morgan fingerprint density at radius 2 is 2.10 bits per heavy atom. The zero-order valence-electron chi connectivity index (χ0n) is 10.7. The Kier molecular flexibility index (Phi) is 4.00. The van der Waals surface area contributed by atoms with E-state index in [1.54, 1.807) is 11.3 Å². The molecule has 3 aromatic rings. The Morgan fingerprint density at radius 1 is 1.30 bits per heavy atom. The van der Waals surface area contributed by atoms with Gasteiger partial charge < -0.3 is 10.3 Å². The molecule has 2 aromatic heterocycles. The van der Waals surface area contributed by atoms with Crippen molar-refractivity contribution in [2.24, 2.45) is 5.73 Å². The van der Waals surface area contributed by atoms with Crippen molar-refractivity contribution < 1.29 is 0 Å². The van der Waals surface area contributed by atoms with E-state index in [0.717, 1.165) is 15.9 Å². The third kappa shape index (κ3) is 2.57. The van der Waals surface area contributed by atoms with Crippen LogP contribution in [0, 0.1) is 0 Å². The molecule has 0 spiro atoms. The van der Waals surface area contributed by atoms with E-state index in [1.807, 2.05) is 30.6 Å². The standard InChI is InChI=1S/C15H14BrN3S/c16-12-8-14(20-10-12)13(9-17)19-7-6-18-15(19)11-4-2-1-3-5-11/h1-8,10,13H,9,17H2. The first-order valence-corrected chi connectivity index (χ1v) is 7.99. The maximum absolute atomic E-state index is 5.99. The van der Waals surface area contributed by atoms with Crippen LogP contribution < -0.4 is 5.73 Å². The Balaban J connectivity index is 2.04. The highest BCUT2D eigenvalue weighted by atomic mass is 79.9. The average molecular weight is 348 g/mol. The first kappa shape index (κ1) is 13.5. The molecule has 0 bridgehead atoms. The molecule has 0 radical (unpaired) electrons. The lowest BCUT2D eigenvalue weighted by atomic mass is 10.2. The smallest absolute Gasteiger partial charge is 0.140 e. The monoisotopic (exact) mass is 347 g/mol. The van der Waals surface area contributed by atoms with Crippen LogP contribution in [0.2, 0.25) is 0 Å². The Morgan fingerprint density at radius 3 is 2.75 bits per heavy atom. The van der Waals surface area contributed by atoms with Gasteiger partial charge in [-0.3, -0.25) is 0 Å². The van der Waals surface area contributed by atoms with Crippen molar-refractivity contribution in [1.29, 1.82) is 0 Å². The molecule has 0 aliphatic carbocycles. The molecule has 20 heavy (non-hydrogen) atoms. The highest BCUT2D eigenvalue weighted by molar-refractivity contribution is 9.10. The van der Waals surface area contributed by atoms with E-state index in [-0.39, 0.29) is 6.04 Å². The Labute approximate surface area is 130 Å². The summed E-state index contributed by atoms with van der Waals surface area (Å²) in [5.74, 6) is 0.950. The molecule has 0 amide bonds. The second-order valence-corrected chi connectivity index (χ2v) is 6.30. The van der Waals surface area contributed by atoms with E-state index in [4.69, 9.17) is 5.73 Å². The van der Waals surface area contributed by atoms with Gasteiger partial charge in [0.25, 0.3) is 0 Å². The summed E-state index contributed by atoms with van der Waals surface area (Å²) < 4.78 is 3.24. The first-order chi connectivity index (χ1) is 9.79. The largest absolute Gasteiger partial charge is 0.328 e. The van der Waals surface area contributed by atoms with Crippen LogP contribution in [0.25, 0.3) is 11.4 Å². The molecule has 1 unspecified atom stereocenters. The highest BCUT2D eigenvalue weighted by Crippen LogP contribution is 2.30. The number of rotatable bonds is 4. The van der Waals surface area contributed by atoms with Gasteiger partial charge in [-0.05, 0) is 22.0 Å². The third-order valence-corrected chi connectivity index (χ3v) is 4.97. The summed E-state index contributed by atoms with van der Waals surface area (Å²) in [6, 6.07) is 12.4. The molecular weight excluding hydrogens is 334 g/mol. The summed E-state index contributed by atoms with van der Waals surface area (Å²) in [6.07, 6.45) is 3.82. The number of hydrogen-bond donors (Lipinski definition) is 1. The molecule has 102 valence electrons. The summed E-state index contributed by atoms with van der Waals surface area (Å²) in [4.78, 5) is 5.72. The molecule has 2 N–H and O–H groups in total. The normalized spacial score (nSPS) is 12.5. The van der Waals surface area contributed by atoms with Crippen molar-refractivity contribution in [3.8, 4) is 11.4 Å². The van der Waals surface area contributed by atoms with E-state index in [1.165, 1.54) is 4.88 Å². The lowest BCUT2D eigenvalue weighted by Crippen LogP contribution is -2.19. The minimum absolute atomic E-state index is 0.115. The van der Waals surface area contributed by atoms with Gasteiger partial charge in [-0.1, -0.05) is 30.3 Å². The highest BCUT2D eigenvalue weighted by Gasteiger charge is 2.17. The molecule has 3 nitrogen and oxygen atoms in total. The van der Waals surface area contributed by atoms with Gasteiger partial charge in [-0.2, -0.15) is 0 Å². The summed E-state index contributed by atoms with van der Waals surface area (Å²) >= 11 is 5.21.